The van der Waals surface area contributed by atoms with Crippen LogP contribution < -0.4 is 0 Å². The third kappa shape index (κ3) is 3.74. The van der Waals surface area contributed by atoms with Crippen LogP contribution in [0, 0.1) is 0 Å². The monoisotopic (exact) mass is 380 g/mol. The largest absolute Gasteiger partial charge is 0.506 e. The molecular formula is C16H17ClN4O3S. The Morgan fingerprint density at radius 1 is 1.28 bits per heavy atom. The summed E-state index contributed by atoms with van der Waals surface area (Å²) >= 11 is 6.79. The highest BCUT2D eigenvalue weighted by atomic mass is 35.5. The average molecular weight is 381 g/mol. The van der Waals surface area contributed by atoms with Gasteiger partial charge in [0.15, 0.2) is 5.69 Å². The summed E-state index contributed by atoms with van der Waals surface area (Å²) in [7, 11) is 0. The fraction of sp³-hybridized carbons (Fsp3) is 0.375. The van der Waals surface area contributed by atoms with E-state index in [1.54, 1.807) is 15.9 Å². The Kier molecular flexibility index (Phi) is 5.19. The van der Waals surface area contributed by atoms with Crippen molar-refractivity contribution >= 4 is 35.1 Å². The lowest BCUT2D eigenvalue weighted by molar-refractivity contribution is 0.0679. The minimum absolute atomic E-state index is 0.00868. The predicted molar refractivity (Wildman–Crippen MR) is 94.0 cm³/mol. The third-order valence-corrected chi connectivity index (χ3v) is 5.08. The Hall–Kier alpha value is -2.19. The first-order chi connectivity index (χ1) is 12.0. The summed E-state index contributed by atoms with van der Waals surface area (Å²) in [6.45, 7) is 3.32. The molecule has 1 fully saturated rings. The van der Waals surface area contributed by atoms with E-state index in [4.69, 9.17) is 11.6 Å². The number of hydrogen-bond acceptors (Lipinski definition) is 6. The zero-order valence-electron chi connectivity index (χ0n) is 13.6. The highest BCUT2D eigenvalue weighted by Gasteiger charge is 2.29. The molecule has 0 aliphatic carbocycles. The van der Waals surface area contributed by atoms with Crippen LogP contribution in [0.4, 0.5) is 0 Å². The highest BCUT2D eigenvalue weighted by Crippen LogP contribution is 2.25. The molecule has 1 saturated heterocycles. The first kappa shape index (κ1) is 17.6. The molecule has 1 aliphatic heterocycles. The van der Waals surface area contributed by atoms with Crippen molar-refractivity contribution in [2.24, 2.45) is 0 Å². The van der Waals surface area contributed by atoms with Gasteiger partial charge in [-0.05, 0) is 31.5 Å². The lowest BCUT2D eigenvalue weighted by atomic mass is 10.1. The van der Waals surface area contributed by atoms with Gasteiger partial charge in [-0.15, -0.1) is 0 Å². The molecule has 0 radical (unpaired) electrons. The molecule has 9 heteroatoms. The number of carbonyl (C=O) groups excluding carboxylic acids is 2. The first-order valence-electron chi connectivity index (χ1n) is 7.83. The molecule has 25 heavy (non-hydrogen) atoms. The lowest BCUT2D eigenvalue weighted by Gasteiger charge is -2.25. The number of rotatable bonds is 2. The van der Waals surface area contributed by atoms with E-state index in [-0.39, 0.29) is 28.6 Å². The number of aromatic hydroxyl groups is 1. The fourth-order valence-electron chi connectivity index (χ4n) is 2.80. The Bertz CT molecular complexity index is 784. The van der Waals surface area contributed by atoms with Gasteiger partial charge in [-0.25, -0.2) is 0 Å². The molecular weight excluding hydrogens is 364 g/mol. The van der Waals surface area contributed by atoms with Crippen LogP contribution in [0.3, 0.4) is 0 Å². The lowest BCUT2D eigenvalue weighted by Crippen LogP contribution is -2.40. The van der Waals surface area contributed by atoms with Gasteiger partial charge < -0.3 is 14.9 Å². The number of carbonyl (C=O) groups is 2. The van der Waals surface area contributed by atoms with Gasteiger partial charge in [-0.1, -0.05) is 11.6 Å². The van der Waals surface area contributed by atoms with Gasteiger partial charge in [0, 0.05) is 31.2 Å². The van der Waals surface area contributed by atoms with E-state index in [1.165, 1.54) is 18.3 Å². The maximum absolute atomic E-state index is 12.7. The van der Waals surface area contributed by atoms with Crippen molar-refractivity contribution in [3.8, 4) is 5.75 Å². The van der Waals surface area contributed by atoms with Crippen LogP contribution in [-0.2, 0) is 0 Å². The second kappa shape index (κ2) is 7.37. The molecule has 7 nitrogen and oxygen atoms in total. The topological polar surface area (TPSA) is 86.6 Å². The van der Waals surface area contributed by atoms with Crippen LogP contribution >= 0.6 is 23.3 Å². The Labute approximate surface area is 154 Å². The maximum atomic E-state index is 12.7. The van der Waals surface area contributed by atoms with Crippen molar-refractivity contribution in [2.45, 2.75) is 19.4 Å². The minimum atomic E-state index is -0.191. The molecule has 0 saturated carbocycles. The molecule has 0 spiro atoms. The average Bonchev–Trinajstić information content (AvgIpc) is 3.07. The number of phenols is 1. The molecule has 3 rings (SSSR count). The van der Waals surface area contributed by atoms with Gasteiger partial charge in [-0.2, -0.15) is 8.75 Å². The van der Waals surface area contributed by atoms with Crippen molar-refractivity contribution in [1.29, 1.82) is 0 Å². The van der Waals surface area contributed by atoms with E-state index >= 15 is 0 Å². The molecule has 132 valence electrons. The van der Waals surface area contributed by atoms with Gasteiger partial charge in [0.2, 0.25) is 0 Å². The number of halogens is 1. The number of benzene rings is 1. The molecule has 1 N–H and O–H groups in total. The van der Waals surface area contributed by atoms with Crippen LogP contribution in [0.25, 0.3) is 0 Å². The van der Waals surface area contributed by atoms with Crippen molar-refractivity contribution in [1.82, 2.24) is 18.5 Å². The zero-order valence-corrected chi connectivity index (χ0v) is 15.1. The number of amides is 2. The second-order valence-corrected chi connectivity index (χ2v) is 6.85. The van der Waals surface area contributed by atoms with Crippen molar-refractivity contribution < 1.29 is 14.7 Å². The van der Waals surface area contributed by atoms with Crippen LogP contribution in [0.2, 0.25) is 5.02 Å². The Balaban J connectivity index is 1.73. The molecule has 1 aliphatic rings. The van der Waals surface area contributed by atoms with E-state index in [0.717, 1.165) is 11.7 Å². The van der Waals surface area contributed by atoms with E-state index in [2.05, 4.69) is 8.75 Å². The van der Waals surface area contributed by atoms with E-state index in [9.17, 15) is 14.7 Å². The van der Waals surface area contributed by atoms with Crippen LogP contribution in [0.15, 0.2) is 24.4 Å². The van der Waals surface area contributed by atoms with Crippen LogP contribution in [0.5, 0.6) is 5.75 Å². The molecule has 2 amide bonds. The molecule has 2 heterocycles. The molecule has 1 aromatic carbocycles. The van der Waals surface area contributed by atoms with Gasteiger partial charge >= 0.3 is 0 Å². The van der Waals surface area contributed by atoms with E-state index < -0.39 is 0 Å². The van der Waals surface area contributed by atoms with Crippen molar-refractivity contribution in [3.63, 3.8) is 0 Å². The summed E-state index contributed by atoms with van der Waals surface area (Å²) in [5, 5.41) is 9.90. The molecule has 2 aromatic rings. The normalized spacial score (nSPS) is 18.1. The van der Waals surface area contributed by atoms with Gasteiger partial charge in [-0.3, -0.25) is 9.59 Å². The van der Waals surface area contributed by atoms with Gasteiger partial charge in [0.25, 0.3) is 11.8 Å². The minimum Gasteiger partial charge on any atom is -0.506 e. The quantitative estimate of drug-likeness (QED) is 0.863. The van der Waals surface area contributed by atoms with Gasteiger partial charge in [0.05, 0.1) is 22.9 Å². The second-order valence-electron chi connectivity index (χ2n) is 5.89. The molecule has 1 atom stereocenters. The summed E-state index contributed by atoms with van der Waals surface area (Å²) in [4.78, 5) is 28.6. The van der Waals surface area contributed by atoms with E-state index in [0.29, 0.717) is 37.3 Å². The SMILES string of the molecule is CC1CCN(C(=O)c2ccc(Cl)c(O)c2)CCN1C(=O)c1cnsn1. The number of aromatic nitrogens is 2. The van der Waals surface area contributed by atoms with Gasteiger partial charge in [0.1, 0.15) is 5.75 Å². The number of nitrogens with zero attached hydrogens (tertiary/aromatic N) is 4. The standard InChI is InChI=1S/C16H17ClN4O3S/c1-10-4-5-20(15(23)11-2-3-12(17)14(22)8-11)6-7-21(10)16(24)13-9-18-25-19-13/h2-3,8-10,22H,4-7H2,1H3. The summed E-state index contributed by atoms with van der Waals surface area (Å²) in [5.74, 6) is -0.480. The fourth-order valence-corrected chi connectivity index (χ4v) is 3.32. The molecule has 0 bridgehead atoms. The summed E-state index contributed by atoms with van der Waals surface area (Å²) in [6.07, 6.45) is 2.12. The number of hydrogen-bond donors (Lipinski definition) is 1. The van der Waals surface area contributed by atoms with Crippen molar-refractivity contribution in [2.75, 3.05) is 19.6 Å². The van der Waals surface area contributed by atoms with E-state index in [1.807, 2.05) is 6.92 Å². The number of phenolic OH excluding ortho intramolecular Hbond substituents is 1. The summed E-state index contributed by atoms with van der Waals surface area (Å²) in [5.41, 5.74) is 0.706. The smallest absolute Gasteiger partial charge is 0.275 e. The Morgan fingerprint density at radius 2 is 2.08 bits per heavy atom. The Morgan fingerprint density at radius 3 is 2.76 bits per heavy atom. The predicted octanol–water partition coefficient (Wildman–Crippen LogP) is 2.27. The summed E-state index contributed by atoms with van der Waals surface area (Å²) in [6, 6.07) is 4.44. The maximum Gasteiger partial charge on any atom is 0.275 e. The van der Waals surface area contributed by atoms with Crippen LogP contribution in [-0.4, -0.2) is 61.1 Å². The van der Waals surface area contributed by atoms with Crippen molar-refractivity contribution in [3.05, 3.63) is 40.7 Å². The highest BCUT2D eigenvalue weighted by molar-refractivity contribution is 6.99. The summed E-state index contributed by atoms with van der Waals surface area (Å²) < 4.78 is 7.86. The zero-order chi connectivity index (χ0) is 18.0. The third-order valence-electron chi connectivity index (χ3n) is 4.28. The molecule has 1 aromatic heterocycles. The van der Waals surface area contributed by atoms with Crippen LogP contribution in [0.1, 0.15) is 34.2 Å². The first-order valence-corrected chi connectivity index (χ1v) is 8.94. The molecule has 1 unspecified atom stereocenters.